The van der Waals surface area contributed by atoms with E-state index in [4.69, 9.17) is 4.74 Å². The van der Waals surface area contributed by atoms with Gasteiger partial charge in [0.1, 0.15) is 5.75 Å². The fraction of sp³-hybridized carbons (Fsp3) is 0.500. The summed E-state index contributed by atoms with van der Waals surface area (Å²) < 4.78 is 5.60. The van der Waals surface area contributed by atoms with Crippen LogP contribution in [-0.4, -0.2) is 25.6 Å². The normalized spacial score (nSPS) is 10.5. The van der Waals surface area contributed by atoms with Crippen molar-refractivity contribution in [3.63, 3.8) is 0 Å². The van der Waals surface area contributed by atoms with Gasteiger partial charge >= 0.3 is 0 Å². The molecule has 0 saturated heterocycles. The predicted molar refractivity (Wildman–Crippen MR) is 72.7 cm³/mol. The number of likely N-dealkylation sites (N-methyl/N-ethyl adjacent to an activating group) is 1. The summed E-state index contributed by atoms with van der Waals surface area (Å²) in [5.74, 6) is 0.676. The molecule has 0 heterocycles. The third-order valence-corrected chi connectivity index (χ3v) is 2.62. The van der Waals surface area contributed by atoms with Gasteiger partial charge < -0.3 is 15.4 Å². The van der Waals surface area contributed by atoms with Gasteiger partial charge in [-0.2, -0.15) is 0 Å². The van der Waals surface area contributed by atoms with E-state index in [0.717, 1.165) is 23.4 Å². The van der Waals surface area contributed by atoms with Gasteiger partial charge in [-0.05, 0) is 12.5 Å². The summed E-state index contributed by atoms with van der Waals surface area (Å²) >= 11 is 0. The third-order valence-electron chi connectivity index (χ3n) is 2.62. The van der Waals surface area contributed by atoms with Gasteiger partial charge in [-0.1, -0.05) is 32.0 Å². The number of amides is 1. The van der Waals surface area contributed by atoms with E-state index in [9.17, 15) is 4.79 Å². The SMILES string of the molecule is CNC(=O)COc1c(C)cccc1CNC(C)C. The lowest BCUT2D eigenvalue weighted by molar-refractivity contribution is -0.122. The molecule has 0 atom stereocenters. The second kappa shape index (κ2) is 7.01. The summed E-state index contributed by atoms with van der Waals surface area (Å²) in [6, 6.07) is 6.41. The number of aryl methyl sites for hydroxylation is 1. The summed E-state index contributed by atoms with van der Waals surface area (Å²) in [7, 11) is 1.60. The molecule has 1 amide bonds. The van der Waals surface area contributed by atoms with E-state index in [1.54, 1.807) is 7.05 Å². The van der Waals surface area contributed by atoms with E-state index < -0.39 is 0 Å². The molecule has 0 saturated carbocycles. The average molecular weight is 250 g/mol. The van der Waals surface area contributed by atoms with Crippen molar-refractivity contribution in [1.29, 1.82) is 0 Å². The monoisotopic (exact) mass is 250 g/mol. The Morgan fingerprint density at radius 2 is 2.11 bits per heavy atom. The molecule has 0 aromatic heterocycles. The second-order valence-electron chi connectivity index (χ2n) is 4.56. The summed E-state index contributed by atoms with van der Waals surface area (Å²) in [6.07, 6.45) is 0. The Hall–Kier alpha value is -1.55. The third kappa shape index (κ3) is 4.37. The van der Waals surface area contributed by atoms with Gasteiger partial charge in [0.15, 0.2) is 6.61 Å². The largest absolute Gasteiger partial charge is 0.483 e. The number of para-hydroxylation sites is 1. The maximum absolute atomic E-state index is 11.2. The fourth-order valence-corrected chi connectivity index (χ4v) is 1.58. The van der Waals surface area contributed by atoms with E-state index in [0.29, 0.717) is 6.04 Å². The number of benzene rings is 1. The van der Waals surface area contributed by atoms with Gasteiger partial charge in [-0.15, -0.1) is 0 Å². The second-order valence-corrected chi connectivity index (χ2v) is 4.56. The Morgan fingerprint density at radius 3 is 2.72 bits per heavy atom. The van der Waals surface area contributed by atoms with Crippen molar-refractivity contribution in [2.75, 3.05) is 13.7 Å². The van der Waals surface area contributed by atoms with Crippen molar-refractivity contribution >= 4 is 5.91 Å². The summed E-state index contributed by atoms with van der Waals surface area (Å²) in [6.45, 7) is 6.97. The molecule has 2 N–H and O–H groups in total. The van der Waals surface area contributed by atoms with Crippen molar-refractivity contribution in [3.05, 3.63) is 29.3 Å². The first-order chi connectivity index (χ1) is 8.54. The van der Waals surface area contributed by atoms with E-state index >= 15 is 0 Å². The molecule has 4 nitrogen and oxygen atoms in total. The highest BCUT2D eigenvalue weighted by atomic mass is 16.5. The Balaban J connectivity index is 2.76. The quantitative estimate of drug-likeness (QED) is 0.806. The van der Waals surface area contributed by atoms with Crippen LogP contribution in [0.5, 0.6) is 5.75 Å². The molecular weight excluding hydrogens is 228 g/mol. The molecule has 0 aliphatic carbocycles. The maximum Gasteiger partial charge on any atom is 0.257 e. The van der Waals surface area contributed by atoms with Gasteiger partial charge in [-0.25, -0.2) is 0 Å². The van der Waals surface area contributed by atoms with Crippen molar-refractivity contribution in [1.82, 2.24) is 10.6 Å². The van der Waals surface area contributed by atoms with Gasteiger partial charge in [0.25, 0.3) is 5.91 Å². The molecule has 0 aliphatic heterocycles. The fourth-order valence-electron chi connectivity index (χ4n) is 1.58. The van der Waals surface area contributed by atoms with Crippen LogP contribution in [0.1, 0.15) is 25.0 Å². The number of hydrogen-bond acceptors (Lipinski definition) is 3. The number of carbonyl (C=O) groups excluding carboxylic acids is 1. The van der Waals surface area contributed by atoms with Crippen LogP contribution in [0, 0.1) is 6.92 Å². The molecule has 0 unspecified atom stereocenters. The minimum absolute atomic E-state index is 0.0516. The number of carbonyl (C=O) groups is 1. The summed E-state index contributed by atoms with van der Waals surface area (Å²) in [5.41, 5.74) is 2.12. The number of nitrogens with one attached hydrogen (secondary N) is 2. The van der Waals surface area contributed by atoms with Crippen molar-refractivity contribution in [2.24, 2.45) is 0 Å². The first-order valence-corrected chi connectivity index (χ1v) is 6.19. The van der Waals surface area contributed by atoms with Gasteiger partial charge in [0.05, 0.1) is 0 Å². The van der Waals surface area contributed by atoms with Gasteiger partial charge in [0.2, 0.25) is 0 Å². The lowest BCUT2D eigenvalue weighted by Gasteiger charge is -2.15. The first kappa shape index (κ1) is 14.5. The molecule has 100 valence electrons. The smallest absolute Gasteiger partial charge is 0.257 e. The molecule has 18 heavy (non-hydrogen) atoms. The van der Waals surface area contributed by atoms with Crippen LogP contribution in [0.3, 0.4) is 0 Å². The topological polar surface area (TPSA) is 50.4 Å². The highest BCUT2D eigenvalue weighted by Crippen LogP contribution is 2.23. The number of ether oxygens (including phenoxy) is 1. The molecular formula is C14H22N2O2. The van der Waals surface area contributed by atoms with E-state index in [1.807, 2.05) is 25.1 Å². The zero-order valence-electron chi connectivity index (χ0n) is 11.5. The Morgan fingerprint density at radius 1 is 1.39 bits per heavy atom. The molecule has 0 aliphatic rings. The van der Waals surface area contributed by atoms with Crippen LogP contribution in [-0.2, 0) is 11.3 Å². The maximum atomic E-state index is 11.2. The van der Waals surface area contributed by atoms with Gasteiger partial charge in [0, 0.05) is 25.2 Å². The van der Waals surface area contributed by atoms with Crippen LogP contribution >= 0.6 is 0 Å². The molecule has 4 heteroatoms. The minimum atomic E-state index is -0.124. The van der Waals surface area contributed by atoms with E-state index in [-0.39, 0.29) is 12.5 Å². The lowest BCUT2D eigenvalue weighted by Crippen LogP contribution is -2.26. The lowest BCUT2D eigenvalue weighted by atomic mass is 10.1. The minimum Gasteiger partial charge on any atom is -0.483 e. The molecule has 0 spiro atoms. The Kier molecular flexibility index (Phi) is 5.65. The highest BCUT2D eigenvalue weighted by molar-refractivity contribution is 5.77. The van der Waals surface area contributed by atoms with Crippen LogP contribution in [0.2, 0.25) is 0 Å². The Labute approximate surface area is 109 Å². The van der Waals surface area contributed by atoms with Crippen molar-refractivity contribution in [2.45, 2.75) is 33.4 Å². The van der Waals surface area contributed by atoms with E-state index in [2.05, 4.69) is 24.5 Å². The molecule has 0 bridgehead atoms. The molecule has 0 radical (unpaired) electrons. The summed E-state index contributed by atoms with van der Waals surface area (Å²) in [5, 5.41) is 5.90. The molecule has 1 rings (SSSR count). The van der Waals surface area contributed by atoms with E-state index in [1.165, 1.54) is 0 Å². The summed E-state index contributed by atoms with van der Waals surface area (Å²) in [4.78, 5) is 11.2. The number of hydrogen-bond donors (Lipinski definition) is 2. The molecule has 1 aromatic rings. The van der Waals surface area contributed by atoms with Crippen LogP contribution in [0.4, 0.5) is 0 Å². The number of rotatable bonds is 6. The first-order valence-electron chi connectivity index (χ1n) is 6.19. The van der Waals surface area contributed by atoms with Crippen LogP contribution in [0.15, 0.2) is 18.2 Å². The molecule has 0 fully saturated rings. The standard InChI is InChI=1S/C14H22N2O2/c1-10(2)16-8-12-7-5-6-11(3)14(12)18-9-13(17)15-4/h5-7,10,16H,8-9H2,1-4H3,(H,15,17). The average Bonchev–Trinajstić information content (AvgIpc) is 2.34. The van der Waals surface area contributed by atoms with Crippen LogP contribution in [0.25, 0.3) is 0 Å². The Bertz CT molecular complexity index is 403. The zero-order valence-corrected chi connectivity index (χ0v) is 11.5. The highest BCUT2D eigenvalue weighted by Gasteiger charge is 2.09. The predicted octanol–water partition coefficient (Wildman–Crippen LogP) is 1.62. The van der Waals surface area contributed by atoms with Gasteiger partial charge in [-0.3, -0.25) is 4.79 Å². The van der Waals surface area contributed by atoms with Crippen molar-refractivity contribution < 1.29 is 9.53 Å². The van der Waals surface area contributed by atoms with Crippen molar-refractivity contribution in [3.8, 4) is 5.75 Å². The van der Waals surface area contributed by atoms with Crippen LogP contribution < -0.4 is 15.4 Å². The molecule has 1 aromatic carbocycles. The zero-order chi connectivity index (χ0) is 13.5.